The molecule has 1 aromatic heterocycles. The molecule has 0 atom stereocenters. The van der Waals surface area contributed by atoms with Crippen LogP contribution in [0.1, 0.15) is 10.4 Å². The average molecular weight is 298 g/mol. The number of hydrogen-bond donors (Lipinski definition) is 1. The summed E-state index contributed by atoms with van der Waals surface area (Å²) in [5.41, 5.74) is 0.223. The number of esters is 1. The number of nitrogens with one attached hydrogen (secondary N) is 1. The highest BCUT2D eigenvalue weighted by molar-refractivity contribution is 6.43. The molecule has 1 N–H and O–H groups in total. The van der Waals surface area contributed by atoms with E-state index in [0.29, 0.717) is 10.6 Å². The standard InChI is InChI=1S/C13H9Cl2NO3/c1-19-13(18)8-5-6-16-12(17)10(8)7-3-2-4-9(14)11(7)15/h2-6H,1H3,(H,16,17). The van der Waals surface area contributed by atoms with Crippen molar-refractivity contribution >= 4 is 29.2 Å². The highest BCUT2D eigenvalue weighted by Crippen LogP contribution is 2.33. The van der Waals surface area contributed by atoms with Gasteiger partial charge in [0, 0.05) is 11.8 Å². The number of ether oxygens (including phenoxy) is 1. The maximum absolute atomic E-state index is 12.0. The maximum atomic E-state index is 12.0. The number of pyridine rings is 1. The second-order valence-electron chi connectivity index (χ2n) is 3.69. The lowest BCUT2D eigenvalue weighted by molar-refractivity contribution is 0.0601. The van der Waals surface area contributed by atoms with E-state index in [1.165, 1.54) is 19.4 Å². The van der Waals surface area contributed by atoms with E-state index in [1.54, 1.807) is 18.2 Å². The molecule has 0 bridgehead atoms. The fourth-order valence-corrected chi connectivity index (χ4v) is 2.12. The maximum Gasteiger partial charge on any atom is 0.338 e. The predicted molar refractivity (Wildman–Crippen MR) is 73.9 cm³/mol. The molecular weight excluding hydrogens is 289 g/mol. The third kappa shape index (κ3) is 2.50. The van der Waals surface area contributed by atoms with Gasteiger partial charge in [0.1, 0.15) is 0 Å². The topological polar surface area (TPSA) is 59.2 Å². The van der Waals surface area contributed by atoms with Crippen molar-refractivity contribution in [2.24, 2.45) is 0 Å². The van der Waals surface area contributed by atoms with Gasteiger partial charge >= 0.3 is 5.97 Å². The Bertz CT molecular complexity index is 695. The molecule has 2 rings (SSSR count). The molecule has 0 unspecified atom stereocenters. The summed E-state index contributed by atoms with van der Waals surface area (Å²) in [4.78, 5) is 26.2. The number of carbonyl (C=O) groups excluding carboxylic acids is 1. The summed E-state index contributed by atoms with van der Waals surface area (Å²) in [5.74, 6) is -0.614. The van der Waals surface area contributed by atoms with Crippen LogP contribution in [-0.2, 0) is 4.74 Å². The van der Waals surface area contributed by atoms with E-state index in [0.717, 1.165) is 0 Å². The summed E-state index contributed by atoms with van der Waals surface area (Å²) in [7, 11) is 1.24. The molecule has 0 spiro atoms. The third-order valence-electron chi connectivity index (χ3n) is 2.59. The third-order valence-corrected chi connectivity index (χ3v) is 3.41. The predicted octanol–water partition coefficient (Wildman–Crippen LogP) is 3.14. The molecular formula is C13H9Cl2NO3. The van der Waals surface area contributed by atoms with Crippen LogP contribution in [0, 0.1) is 0 Å². The van der Waals surface area contributed by atoms with Gasteiger partial charge in [0.2, 0.25) is 0 Å². The number of aromatic amines is 1. The first-order chi connectivity index (χ1) is 9.06. The lowest BCUT2D eigenvalue weighted by atomic mass is 10.0. The van der Waals surface area contributed by atoms with Gasteiger partial charge in [-0.05, 0) is 12.1 Å². The van der Waals surface area contributed by atoms with Gasteiger partial charge in [-0.2, -0.15) is 0 Å². The Morgan fingerprint density at radius 2 is 2.00 bits per heavy atom. The van der Waals surface area contributed by atoms with Gasteiger partial charge in [-0.15, -0.1) is 0 Å². The van der Waals surface area contributed by atoms with Crippen LogP contribution in [0.15, 0.2) is 35.3 Å². The van der Waals surface area contributed by atoms with Crippen LogP contribution in [0.25, 0.3) is 11.1 Å². The second kappa shape index (κ2) is 5.47. The van der Waals surface area contributed by atoms with E-state index in [2.05, 4.69) is 9.72 Å². The van der Waals surface area contributed by atoms with Crippen LogP contribution in [0.4, 0.5) is 0 Å². The molecule has 6 heteroatoms. The fraction of sp³-hybridized carbons (Fsp3) is 0.0769. The number of carbonyl (C=O) groups is 1. The summed E-state index contributed by atoms with van der Waals surface area (Å²) in [6.07, 6.45) is 1.37. The van der Waals surface area contributed by atoms with Crippen molar-refractivity contribution in [2.75, 3.05) is 7.11 Å². The second-order valence-corrected chi connectivity index (χ2v) is 4.47. The number of rotatable bonds is 2. The zero-order valence-corrected chi connectivity index (χ0v) is 11.4. The lowest BCUT2D eigenvalue weighted by Crippen LogP contribution is -2.15. The molecule has 2 aromatic rings. The molecule has 98 valence electrons. The first-order valence-electron chi connectivity index (χ1n) is 5.30. The number of H-pyrrole nitrogens is 1. The van der Waals surface area contributed by atoms with Gasteiger partial charge in [0.05, 0.1) is 28.3 Å². The van der Waals surface area contributed by atoms with Crippen molar-refractivity contribution in [1.82, 2.24) is 4.98 Å². The molecule has 0 saturated heterocycles. The van der Waals surface area contributed by atoms with Crippen molar-refractivity contribution in [1.29, 1.82) is 0 Å². The zero-order chi connectivity index (χ0) is 14.0. The largest absolute Gasteiger partial charge is 0.465 e. The van der Waals surface area contributed by atoms with Crippen LogP contribution in [-0.4, -0.2) is 18.1 Å². The number of halogens is 2. The minimum atomic E-state index is -0.614. The molecule has 0 amide bonds. The van der Waals surface area contributed by atoms with Gasteiger partial charge in [-0.3, -0.25) is 4.79 Å². The first kappa shape index (κ1) is 13.6. The van der Waals surface area contributed by atoms with E-state index in [-0.39, 0.29) is 16.1 Å². The van der Waals surface area contributed by atoms with Crippen molar-refractivity contribution < 1.29 is 9.53 Å². The fourth-order valence-electron chi connectivity index (χ4n) is 1.72. The van der Waals surface area contributed by atoms with Gasteiger partial charge in [-0.25, -0.2) is 4.79 Å². The summed E-state index contributed by atoms with van der Waals surface area (Å²) in [5, 5.41) is 0.518. The van der Waals surface area contributed by atoms with Crippen LogP contribution in [0.2, 0.25) is 10.0 Å². The summed E-state index contributed by atoms with van der Waals surface area (Å²) >= 11 is 12.0. The Balaban J connectivity index is 2.78. The van der Waals surface area contributed by atoms with Crippen LogP contribution in [0.5, 0.6) is 0 Å². The number of aromatic nitrogens is 1. The summed E-state index contributed by atoms with van der Waals surface area (Å²) in [6.45, 7) is 0. The minimum absolute atomic E-state index is 0.135. The molecule has 0 aliphatic carbocycles. The summed E-state index contributed by atoms with van der Waals surface area (Å²) in [6, 6.07) is 6.32. The monoisotopic (exact) mass is 297 g/mol. The highest BCUT2D eigenvalue weighted by Gasteiger charge is 2.19. The average Bonchev–Trinajstić information content (AvgIpc) is 2.41. The first-order valence-corrected chi connectivity index (χ1v) is 6.06. The van der Waals surface area contributed by atoms with E-state index >= 15 is 0 Å². The molecule has 4 nitrogen and oxygen atoms in total. The van der Waals surface area contributed by atoms with Crippen LogP contribution in [0.3, 0.4) is 0 Å². The van der Waals surface area contributed by atoms with Crippen molar-refractivity contribution in [3.8, 4) is 11.1 Å². The number of benzene rings is 1. The van der Waals surface area contributed by atoms with Gasteiger partial charge in [0.15, 0.2) is 0 Å². The normalized spacial score (nSPS) is 10.3. The SMILES string of the molecule is COC(=O)c1cc[nH]c(=O)c1-c1cccc(Cl)c1Cl. The number of methoxy groups -OCH3 is 1. The van der Waals surface area contributed by atoms with E-state index in [1.807, 2.05) is 0 Å². The van der Waals surface area contributed by atoms with Crippen molar-refractivity contribution in [3.63, 3.8) is 0 Å². The Morgan fingerprint density at radius 3 is 2.68 bits per heavy atom. The molecule has 0 aliphatic rings. The van der Waals surface area contributed by atoms with E-state index in [9.17, 15) is 9.59 Å². The quantitative estimate of drug-likeness (QED) is 0.866. The van der Waals surface area contributed by atoms with Crippen molar-refractivity contribution in [2.45, 2.75) is 0 Å². The Kier molecular flexibility index (Phi) is 3.93. The molecule has 1 heterocycles. The van der Waals surface area contributed by atoms with E-state index in [4.69, 9.17) is 23.2 Å². The zero-order valence-electron chi connectivity index (χ0n) is 9.87. The number of hydrogen-bond acceptors (Lipinski definition) is 3. The van der Waals surface area contributed by atoms with Gasteiger partial charge in [-0.1, -0.05) is 35.3 Å². The Morgan fingerprint density at radius 1 is 1.26 bits per heavy atom. The molecule has 0 fully saturated rings. The molecule has 1 aromatic carbocycles. The lowest BCUT2D eigenvalue weighted by Gasteiger charge is -2.09. The van der Waals surface area contributed by atoms with Crippen LogP contribution < -0.4 is 5.56 Å². The smallest absolute Gasteiger partial charge is 0.338 e. The minimum Gasteiger partial charge on any atom is -0.465 e. The van der Waals surface area contributed by atoms with Gasteiger partial charge < -0.3 is 9.72 Å². The molecule has 19 heavy (non-hydrogen) atoms. The van der Waals surface area contributed by atoms with E-state index < -0.39 is 11.5 Å². The molecule has 0 radical (unpaired) electrons. The van der Waals surface area contributed by atoms with Gasteiger partial charge in [0.25, 0.3) is 5.56 Å². The Labute approximate surface area is 118 Å². The molecule has 0 aliphatic heterocycles. The summed E-state index contributed by atoms with van der Waals surface area (Å²) < 4.78 is 4.66. The highest BCUT2D eigenvalue weighted by atomic mass is 35.5. The van der Waals surface area contributed by atoms with Crippen molar-refractivity contribution in [3.05, 3.63) is 56.4 Å². The van der Waals surface area contributed by atoms with Crippen LogP contribution >= 0.6 is 23.2 Å². The Hall–Kier alpha value is -1.78. The molecule has 0 saturated carbocycles.